The molecular formula is C25H27N5O2. The second-order valence-electron chi connectivity index (χ2n) is 8.28. The third-order valence-electron chi connectivity index (χ3n) is 6.22. The maximum Gasteiger partial charge on any atom is 0.319 e. The molecule has 0 unspecified atom stereocenters. The zero-order chi connectivity index (χ0) is 22.1. The van der Waals surface area contributed by atoms with Crippen LogP contribution in [0.1, 0.15) is 25.3 Å². The van der Waals surface area contributed by atoms with Crippen molar-refractivity contribution in [2.45, 2.75) is 38.3 Å². The third-order valence-corrected chi connectivity index (χ3v) is 6.22. The number of aromatic nitrogens is 3. The first-order chi connectivity index (χ1) is 15.6. The molecule has 164 valence electrons. The van der Waals surface area contributed by atoms with Crippen LogP contribution >= 0.6 is 0 Å². The number of H-pyrrole nitrogens is 1. The number of anilines is 1. The Morgan fingerprint density at radius 2 is 2.00 bits per heavy atom. The maximum atomic E-state index is 12.4. The predicted molar refractivity (Wildman–Crippen MR) is 126 cm³/mol. The van der Waals surface area contributed by atoms with Gasteiger partial charge in [0, 0.05) is 42.0 Å². The number of ether oxygens (including phenoxy) is 1. The number of methoxy groups -OCH3 is 1. The quantitative estimate of drug-likeness (QED) is 0.408. The van der Waals surface area contributed by atoms with E-state index in [0.29, 0.717) is 0 Å². The van der Waals surface area contributed by atoms with Gasteiger partial charge in [0.2, 0.25) is 0 Å². The van der Waals surface area contributed by atoms with Crippen LogP contribution in [0.2, 0.25) is 0 Å². The number of hydrogen-bond donors (Lipinski definition) is 3. The number of hydrogen-bond acceptors (Lipinski definition) is 3. The highest BCUT2D eigenvalue weighted by molar-refractivity contribution is 6.02. The number of rotatable bonds is 6. The number of nitrogens with one attached hydrogen (secondary N) is 3. The summed E-state index contributed by atoms with van der Waals surface area (Å²) in [6.07, 6.45) is 8.69. The molecule has 1 fully saturated rings. The van der Waals surface area contributed by atoms with Crippen molar-refractivity contribution >= 4 is 22.6 Å². The van der Waals surface area contributed by atoms with E-state index in [4.69, 9.17) is 4.74 Å². The molecule has 3 N–H and O–H groups in total. The Labute approximate surface area is 186 Å². The van der Waals surface area contributed by atoms with Gasteiger partial charge in [-0.1, -0.05) is 25.1 Å². The number of aromatic amines is 1. The summed E-state index contributed by atoms with van der Waals surface area (Å²) in [6, 6.07) is 14.6. The van der Waals surface area contributed by atoms with Crippen molar-refractivity contribution in [1.82, 2.24) is 20.1 Å². The number of carbonyl (C=O) groups excluding carboxylic acids is 1. The van der Waals surface area contributed by atoms with Crippen LogP contribution in [-0.4, -0.2) is 40.1 Å². The van der Waals surface area contributed by atoms with E-state index in [1.165, 1.54) is 5.56 Å². The van der Waals surface area contributed by atoms with Gasteiger partial charge in [-0.3, -0.25) is 0 Å². The summed E-state index contributed by atoms with van der Waals surface area (Å²) in [5, 5.41) is 11.5. The number of amides is 2. The van der Waals surface area contributed by atoms with Crippen LogP contribution < -0.4 is 10.6 Å². The number of nitrogens with zero attached hydrogens (tertiary/aromatic N) is 2. The first kappa shape index (κ1) is 20.3. The largest absolute Gasteiger partial charge is 0.381 e. The fraction of sp³-hybridized carbons (Fsp3) is 0.280. The van der Waals surface area contributed by atoms with E-state index in [1.807, 2.05) is 29.3 Å². The van der Waals surface area contributed by atoms with Crippen LogP contribution in [0.25, 0.3) is 27.7 Å². The molecule has 2 aromatic carbocycles. The van der Waals surface area contributed by atoms with Crippen LogP contribution in [0, 0.1) is 0 Å². The van der Waals surface area contributed by atoms with Gasteiger partial charge in [-0.2, -0.15) is 5.10 Å². The highest BCUT2D eigenvalue weighted by Crippen LogP contribution is 2.30. The van der Waals surface area contributed by atoms with Crippen molar-refractivity contribution in [2.75, 3.05) is 12.4 Å². The number of aryl methyl sites for hydroxylation is 1. The van der Waals surface area contributed by atoms with Crippen molar-refractivity contribution in [3.05, 3.63) is 66.6 Å². The molecule has 5 rings (SSSR count). The zero-order valence-corrected chi connectivity index (χ0v) is 18.3. The molecule has 1 aliphatic rings. The fourth-order valence-electron chi connectivity index (χ4n) is 4.12. The summed E-state index contributed by atoms with van der Waals surface area (Å²) >= 11 is 0. The highest BCUT2D eigenvalue weighted by Gasteiger charge is 2.30. The minimum atomic E-state index is -0.195. The summed E-state index contributed by atoms with van der Waals surface area (Å²) < 4.78 is 7.16. The molecule has 7 heteroatoms. The first-order valence-electron chi connectivity index (χ1n) is 11.0. The Kier molecular flexibility index (Phi) is 5.41. The maximum absolute atomic E-state index is 12.4. The smallest absolute Gasteiger partial charge is 0.319 e. The minimum Gasteiger partial charge on any atom is -0.381 e. The topological polar surface area (TPSA) is 84.0 Å². The molecule has 7 nitrogen and oxygen atoms in total. The lowest BCUT2D eigenvalue weighted by Gasteiger charge is -2.34. The molecular weight excluding hydrogens is 402 g/mol. The summed E-state index contributed by atoms with van der Waals surface area (Å²) in [5.74, 6) is 0. The monoisotopic (exact) mass is 429 g/mol. The minimum absolute atomic E-state index is 0.165. The number of urea groups is 1. The number of benzene rings is 2. The highest BCUT2D eigenvalue weighted by atomic mass is 16.5. The molecule has 2 amide bonds. The van der Waals surface area contributed by atoms with E-state index < -0.39 is 0 Å². The van der Waals surface area contributed by atoms with E-state index in [1.54, 1.807) is 7.11 Å². The summed E-state index contributed by atoms with van der Waals surface area (Å²) in [5.41, 5.74) is 6.11. The van der Waals surface area contributed by atoms with Gasteiger partial charge in [0.1, 0.15) is 0 Å². The fourth-order valence-corrected chi connectivity index (χ4v) is 4.12. The summed E-state index contributed by atoms with van der Waals surface area (Å²) in [7, 11) is 1.70. The molecule has 0 spiro atoms. The van der Waals surface area contributed by atoms with Gasteiger partial charge >= 0.3 is 6.03 Å². The lowest BCUT2D eigenvalue weighted by molar-refractivity contribution is 0.0210. The number of carbonyl (C=O) groups is 1. The van der Waals surface area contributed by atoms with Crippen LogP contribution in [0.4, 0.5) is 10.5 Å². The van der Waals surface area contributed by atoms with E-state index in [0.717, 1.165) is 52.7 Å². The second-order valence-corrected chi connectivity index (χ2v) is 8.28. The summed E-state index contributed by atoms with van der Waals surface area (Å²) in [6.45, 7) is 2.15. The van der Waals surface area contributed by atoms with E-state index in [-0.39, 0.29) is 18.2 Å². The van der Waals surface area contributed by atoms with Gasteiger partial charge in [-0.05, 0) is 54.7 Å². The van der Waals surface area contributed by atoms with Gasteiger partial charge in [-0.25, -0.2) is 9.48 Å². The molecule has 32 heavy (non-hydrogen) atoms. The van der Waals surface area contributed by atoms with E-state index in [9.17, 15) is 4.79 Å². The van der Waals surface area contributed by atoms with Crippen molar-refractivity contribution in [1.29, 1.82) is 0 Å². The van der Waals surface area contributed by atoms with Crippen LogP contribution in [0.5, 0.6) is 0 Å². The van der Waals surface area contributed by atoms with E-state index >= 15 is 0 Å². The zero-order valence-electron chi connectivity index (χ0n) is 18.3. The predicted octanol–water partition coefficient (Wildman–Crippen LogP) is 4.88. The average molecular weight is 430 g/mol. The van der Waals surface area contributed by atoms with Gasteiger partial charge < -0.3 is 20.4 Å². The summed E-state index contributed by atoms with van der Waals surface area (Å²) in [4.78, 5) is 15.7. The normalized spacial score (nSPS) is 17.8. The molecule has 2 aromatic heterocycles. The second kappa shape index (κ2) is 8.51. The van der Waals surface area contributed by atoms with Crippen LogP contribution in [-0.2, 0) is 11.2 Å². The molecule has 0 bridgehead atoms. The van der Waals surface area contributed by atoms with Crippen molar-refractivity contribution in [3.8, 4) is 16.8 Å². The molecule has 0 aliphatic heterocycles. The molecule has 0 radical (unpaired) electrons. The molecule has 1 aliphatic carbocycles. The molecule has 0 atom stereocenters. The lowest BCUT2D eigenvalue weighted by atomic mass is 9.89. The molecule has 1 saturated carbocycles. The van der Waals surface area contributed by atoms with E-state index in [2.05, 4.69) is 64.0 Å². The Morgan fingerprint density at radius 3 is 2.75 bits per heavy atom. The molecule has 2 heterocycles. The van der Waals surface area contributed by atoms with Gasteiger partial charge in [0.05, 0.1) is 23.7 Å². The Morgan fingerprint density at radius 1 is 1.19 bits per heavy atom. The molecule has 0 saturated heterocycles. The Balaban J connectivity index is 1.33. The number of fused-ring (bicyclic) bond motifs is 1. The SMILES string of the molecule is CCc1ccc(-n2cc(-c3ccc4[nH]cc(NC(=O)NC5CC(OC)C5)c4c3)cn2)cc1. The molecule has 4 aromatic rings. The first-order valence-corrected chi connectivity index (χ1v) is 11.0. The Bertz CT molecular complexity index is 1230. The van der Waals surface area contributed by atoms with Crippen LogP contribution in [0.15, 0.2) is 61.1 Å². The van der Waals surface area contributed by atoms with Gasteiger partial charge in [0.25, 0.3) is 0 Å². The van der Waals surface area contributed by atoms with Gasteiger partial charge in [0.15, 0.2) is 0 Å². The standard InChI is InChI=1S/C25H27N5O2/c1-3-16-4-7-20(8-5-16)30-15-18(13-27-30)17-6-9-23-22(10-17)24(14-26-23)29-25(31)28-19-11-21(12-19)32-2/h4-10,13-15,19,21,26H,3,11-12H2,1-2H3,(H2,28,29,31). The third kappa shape index (κ3) is 3.99. The van der Waals surface area contributed by atoms with Crippen molar-refractivity contribution < 1.29 is 9.53 Å². The lowest BCUT2D eigenvalue weighted by Crippen LogP contribution is -2.48. The van der Waals surface area contributed by atoms with Gasteiger partial charge in [-0.15, -0.1) is 0 Å². The Hall–Kier alpha value is -3.58. The van der Waals surface area contributed by atoms with Crippen molar-refractivity contribution in [3.63, 3.8) is 0 Å². The average Bonchev–Trinajstić information content (AvgIpc) is 3.43. The van der Waals surface area contributed by atoms with Crippen molar-refractivity contribution in [2.24, 2.45) is 0 Å². The van der Waals surface area contributed by atoms with Crippen LogP contribution in [0.3, 0.4) is 0 Å².